The summed E-state index contributed by atoms with van der Waals surface area (Å²) in [5, 5.41) is 2.40. The summed E-state index contributed by atoms with van der Waals surface area (Å²) < 4.78 is 0. The topological polar surface area (TPSA) is 46.2 Å². The Kier molecular flexibility index (Phi) is 0.953. The van der Waals surface area contributed by atoms with Crippen molar-refractivity contribution in [3.05, 3.63) is 12.2 Å². The molecule has 0 aromatic heterocycles. The van der Waals surface area contributed by atoms with E-state index in [1.807, 2.05) is 0 Å². The summed E-state index contributed by atoms with van der Waals surface area (Å²) in [5.41, 5.74) is 0. The molecule has 3 rings (SSSR count). The third kappa shape index (κ3) is 0.543. The molecule has 2 fully saturated rings. The molecule has 0 aromatic carbocycles. The molecule has 1 saturated carbocycles. The van der Waals surface area contributed by atoms with E-state index in [0.29, 0.717) is 11.8 Å². The minimum absolute atomic E-state index is 0.0347. The van der Waals surface area contributed by atoms with E-state index in [1.165, 1.54) is 0 Å². The summed E-state index contributed by atoms with van der Waals surface area (Å²) in [6, 6.07) is 0. The van der Waals surface area contributed by atoms with Gasteiger partial charge in [-0.05, 0) is 18.3 Å². The number of allylic oxidation sites excluding steroid dienone is 2. The fraction of sp³-hybridized carbons (Fsp3) is 0.556. The maximum Gasteiger partial charge on any atom is 0.231 e. The van der Waals surface area contributed by atoms with Crippen LogP contribution in [0.5, 0.6) is 0 Å². The van der Waals surface area contributed by atoms with Gasteiger partial charge >= 0.3 is 0 Å². The minimum Gasteiger partial charge on any atom is -0.296 e. The van der Waals surface area contributed by atoms with Crippen LogP contribution in [0.25, 0.3) is 0 Å². The van der Waals surface area contributed by atoms with E-state index in [4.69, 9.17) is 0 Å². The summed E-state index contributed by atoms with van der Waals surface area (Å²) in [6.07, 6.45) is 5.18. The van der Waals surface area contributed by atoms with Gasteiger partial charge in [-0.2, -0.15) is 0 Å². The summed E-state index contributed by atoms with van der Waals surface area (Å²) in [4.78, 5) is 22.6. The van der Waals surface area contributed by atoms with Crippen LogP contribution in [0.2, 0.25) is 0 Å². The standard InChI is InChI=1S/C9H9NO2/c11-8-6-4-1-2-5(3-4)7(6)9(12)10-8/h1-2,4-7H,3H2,(H,10,11,12)/t4?,5?,6-,7?/m0/s1. The Bertz CT molecular complexity index is 280. The maximum absolute atomic E-state index is 11.3. The van der Waals surface area contributed by atoms with Crippen molar-refractivity contribution in [2.24, 2.45) is 23.7 Å². The van der Waals surface area contributed by atoms with Gasteiger partial charge in [0.25, 0.3) is 0 Å². The molecule has 3 aliphatic rings. The van der Waals surface area contributed by atoms with Crippen LogP contribution in [0.4, 0.5) is 0 Å². The number of carbonyl (C=O) groups excluding carboxylic acids is 2. The largest absolute Gasteiger partial charge is 0.296 e. The first-order valence-corrected chi connectivity index (χ1v) is 4.30. The van der Waals surface area contributed by atoms with Gasteiger partial charge in [-0.25, -0.2) is 0 Å². The molecule has 0 radical (unpaired) electrons. The summed E-state index contributed by atoms with van der Waals surface area (Å²) in [7, 11) is 0. The fourth-order valence-electron chi connectivity index (χ4n) is 2.83. The molecular formula is C9H9NO2. The normalized spacial score (nSPS) is 48.3. The number of imide groups is 1. The van der Waals surface area contributed by atoms with Gasteiger partial charge in [-0.1, -0.05) is 12.2 Å². The van der Waals surface area contributed by atoms with E-state index in [-0.39, 0.29) is 23.7 Å². The molecule has 3 heteroatoms. The first kappa shape index (κ1) is 6.40. The molecule has 1 heterocycles. The van der Waals surface area contributed by atoms with Crippen molar-refractivity contribution in [3.63, 3.8) is 0 Å². The molecule has 4 atom stereocenters. The van der Waals surface area contributed by atoms with Crippen LogP contribution in [0, 0.1) is 23.7 Å². The lowest BCUT2D eigenvalue weighted by Gasteiger charge is -2.14. The van der Waals surface area contributed by atoms with Crippen molar-refractivity contribution in [3.8, 4) is 0 Å². The molecule has 0 aromatic rings. The molecule has 2 amide bonds. The third-order valence-corrected chi connectivity index (χ3v) is 3.31. The zero-order chi connectivity index (χ0) is 8.29. The Morgan fingerprint density at radius 1 is 1.08 bits per heavy atom. The van der Waals surface area contributed by atoms with E-state index in [1.54, 1.807) is 0 Å². The first-order chi connectivity index (χ1) is 5.77. The second-order valence-corrected chi connectivity index (χ2v) is 3.85. The van der Waals surface area contributed by atoms with Gasteiger partial charge in [0, 0.05) is 0 Å². The molecular weight excluding hydrogens is 154 g/mol. The predicted molar refractivity (Wildman–Crippen MR) is 40.9 cm³/mol. The molecule has 3 unspecified atom stereocenters. The van der Waals surface area contributed by atoms with E-state index >= 15 is 0 Å². The van der Waals surface area contributed by atoms with Crippen molar-refractivity contribution in [1.29, 1.82) is 0 Å². The zero-order valence-electron chi connectivity index (χ0n) is 6.49. The lowest BCUT2D eigenvalue weighted by atomic mass is 9.85. The lowest BCUT2D eigenvalue weighted by molar-refractivity contribution is -0.126. The lowest BCUT2D eigenvalue weighted by Crippen LogP contribution is -2.25. The van der Waals surface area contributed by atoms with Crippen molar-refractivity contribution < 1.29 is 9.59 Å². The average molecular weight is 163 g/mol. The summed E-state index contributed by atoms with van der Waals surface area (Å²) >= 11 is 0. The molecule has 0 spiro atoms. The minimum atomic E-state index is -0.0538. The van der Waals surface area contributed by atoms with E-state index in [0.717, 1.165) is 6.42 Å². The van der Waals surface area contributed by atoms with Crippen molar-refractivity contribution in [2.45, 2.75) is 6.42 Å². The van der Waals surface area contributed by atoms with Crippen LogP contribution in [-0.4, -0.2) is 11.8 Å². The number of hydrogen-bond donors (Lipinski definition) is 1. The first-order valence-electron chi connectivity index (χ1n) is 4.30. The molecule has 62 valence electrons. The highest BCUT2D eigenvalue weighted by Crippen LogP contribution is 2.50. The van der Waals surface area contributed by atoms with Gasteiger partial charge in [0.05, 0.1) is 11.8 Å². The van der Waals surface area contributed by atoms with Gasteiger partial charge in [-0.3, -0.25) is 14.9 Å². The van der Waals surface area contributed by atoms with Crippen LogP contribution in [0.15, 0.2) is 12.2 Å². The SMILES string of the molecule is O=C1NC(=O)[C@H]2C3C=CC(C3)C12. The van der Waals surface area contributed by atoms with Gasteiger partial charge in [0.15, 0.2) is 0 Å². The molecule has 2 bridgehead atoms. The van der Waals surface area contributed by atoms with Gasteiger partial charge < -0.3 is 0 Å². The number of rotatable bonds is 0. The molecule has 1 aliphatic heterocycles. The second-order valence-electron chi connectivity index (χ2n) is 3.85. The summed E-state index contributed by atoms with van der Waals surface area (Å²) in [5.74, 6) is 0.501. The van der Waals surface area contributed by atoms with Crippen LogP contribution >= 0.6 is 0 Å². The Hall–Kier alpha value is -1.12. The second kappa shape index (κ2) is 1.79. The van der Waals surface area contributed by atoms with Crippen LogP contribution < -0.4 is 5.32 Å². The van der Waals surface area contributed by atoms with Gasteiger partial charge in [0.1, 0.15) is 0 Å². The van der Waals surface area contributed by atoms with Gasteiger partial charge in [-0.15, -0.1) is 0 Å². The molecule has 3 nitrogen and oxygen atoms in total. The predicted octanol–water partition coefficient (Wildman–Crippen LogP) is 0.0811. The summed E-state index contributed by atoms with van der Waals surface area (Å²) in [6.45, 7) is 0. The Labute approximate surface area is 69.8 Å². The van der Waals surface area contributed by atoms with Crippen molar-refractivity contribution in [1.82, 2.24) is 5.32 Å². The maximum atomic E-state index is 11.3. The quantitative estimate of drug-likeness (QED) is 0.406. The highest BCUT2D eigenvalue weighted by Gasteiger charge is 2.55. The average Bonchev–Trinajstić information content (AvgIpc) is 2.64. The van der Waals surface area contributed by atoms with Crippen LogP contribution in [-0.2, 0) is 9.59 Å². The number of hydrogen-bond acceptors (Lipinski definition) is 2. The Morgan fingerprint density at radius 2 is 1.58 bits per heavy atom. The molecule has 1 N–H and O–H groups in total. The number of carbonyl (C=O) groups is 2. The van der Waals surface area contributed by atoms with Crippen LogP contribution in [0.1, 0.15) is 6.42 Å². The highest BCUT2D eigenvalue weighted by atomic mass is 16.2. The monoisotopic (exact) mass is 163 g/mol. The molecule has 2 aliphatic carbocycles. The van der Waals surface area contributed by atoms with Gasteiger partial charge in [0.2, 0.25) is 11.8 Å². The molecule has 12 heavy (non-hydrogen) atoms. The van der Waals surface area contributed by atoms with E-state index in [9.17, 15) is 9.59 Å². The third-order valence-electron chi connectivity index (χ3n) is 3.31. The van der Waals surface area contributed by atoms with Crippen molar-refractivity contribution >= 4 is 11.8 Å². The number of fused-ring (bicyclic) bond motifs is 5. The molecule has 1 saturated heterocycles. The Morgan fingerprint density at radius 3 is 2.08 bits per heavy atom. The van der Waals surface area contributed by atoms with Crippen molar-refractivity contribution in [2.75, 3.05) is 0 Å². The number of amides is 2. The van der Waals surface area contributed by atoms with E-state index < -0.39 is 0 Å². The zero-order valence-corrected chi connectivity index (χ0v) is 6.49. The highest BCUT2D eigenvalue weighted by molar-refractivity contribution is 6.06. The van der Waals surface area contributed by atoms with E-state index in [2.05, 4.69) is 17.5 Å². The fourth-order valence-corrected chi connectivity index (χ4v) is 2.83. The smallest absolute Gasteiger partial charge is 0.231 e. The Balaban J connectivity index is 2.08. The number of nitrogens with one attached hydrogen (secondary N) is 1. The van der Waals surface area contributed by atoms with Crippen LogP contribution in [0.3, 0.4) is 0 Å².